The van der Waals surface area contributed by atoms with Gasteiger partial charge in [0.2, 0.25) is 0 Å². The van der Waals surface area contributed by atoms with E-state index in [0.29, 0.717) is 5.56 Å². The number of aromatic amines is 1. The first-order valence-corrected chi connectivity index (χ1v) is 7.13. The summed E-state index contributed by atoms with van der Waals surface area (Å²) < 4.78 is 0. The first kappa shape index (κ1) is 12.8. The highest BCUT2D eigenvalue weighted by Gasteiger charge is 2.11. The molecule has 1 N–H and O–H groups in total. The molecule has 4 heteroatoms. The van der Waals surface area contributed by atoms with Crippen LogP contribution in [0.5, 0.6) is 0 Å². The molecule has 1 aromatic carbocycles. The van der Waals surface area contributed by atoms with Gasteiger partial charge in [-0.15, -0.1) is 0 Å². The van der Waals surface area contributed by atoms with E-state index in [2.05, 4.69) is 28.2 Å². The van der Waals surface area contributed by atoms with E-state index in [1.165, 1.54) is 5.39 Å². The summed E-state index contributed by atoms with van der Waals surface area (Å²) in [6, 6.07) is 14.5. The lowest BCUT2D eigenvalue weighted by Crippen LogP contribution is -1.93. The van der Waals surface area contributed by atoms with Crippen molar-refractivity contribution in [2.75, 3.05) is 0 Å². The molecule has 0 aliphatic rings. The fraction of sp³-hybridized carbons (Fsp3) is 0.125. The summed E-state index contributed by atoms with van der Waals surface area (Å²) >= 11 is 1.57. The quantitative estimate of drug-likeness (QED) is 0.764. The largest absolute Gasteiger partial charge is 0.349 e. The fourth-order valence-electron chi connectivity index (χ4n) is 2.23. The molecule has 98 valence electrons. The molecule has 0 fully saturated rings. The third-order valence-corrected chi connectivity index (χ3v) is 4.11. The molecule has 0 unspecified atom stereocenters. The van der Waals surface area contributed by atoms with E-state index in [1.54, 1.807) is 11.8 Å². The van der Waals surface area contributed by atoms with Crippen LogP contribution in [-0.2, 0) is 0 Å². The third kappa shape index (κ3) is 2.28. The van der Waals surface area contributed by atoms with Gasteiger partial charge in [0.1, 0.15) is 6.07 Å². The molecule has 3 nitrogen and oxygen atoms in total. The van der Waals surface area contributed by atoms with Crippen molar-refractivity contribution in [1.82, 2.24) is 9.97 Å². The highest BCUT2D eigenvalue weighted by Crippen LogP contribution is 2.33. The van der Waals surface area contributed by atoms with E-state index < -0.39 is 0 Å². The van der Waals surface area contributed by atoms with Gasteiger partial charge in [-0.2, -0.15) is 5.26 Å². The second kappa shape index (κ2) is 5.03. The normalized spacial score (nSPS) is 10.7. The van der Waals surface area contributed by atoms with Crippen LogP contribution >= 0.6 is 11.8 Å². The molecule has 0 atom stereocenters. The number of rotatable bonds is 2. The SMILES string of the molecule is Cc1cc(Sc2cc3ccccc3[nH]2)c(C#N)c(C)n1. The standard InChI is InChI=1S/C16H13N3S/c1-10-7-15(13(9-17)11(2)18-10)20-16-8-12-5-3-4-6-14(12)19-16/h3-8,19H,1-2H3. The van der Waals surface area contributed by atoms with Gasteiger partial charge in [0.15, 0.2) is 0 Å². The maximum atomic E-state index is 9.29. The topological polar surface area (TPSA) is 52.5 Å². The van der Waals surface area contributed by atoms with Crippen molar-refractivity contribution in [2.24, 2.45) is 0 Å². The van der Waals surface area contributed by atoms with Crippen molar-refractivity contribution in [3.63, 3.8) is 0 Å². The predicted octanol–water partition coefficient (Wildman–Crippen LogP) is 4.20. The number of hydrogen-bond donors (Lipinski definition) is 1. The first-order valence-electron chi connectivity index (χ1n) is 6.31. The smallest absolute Gasteiger partial charge is 0.102 e. The lowest BCUT2D eigenvalue weighted by Gasteiger charge is -2.06. The zero-order valence-corrected chi connectivity index (χ0v) is 12.1. The molecule has 0 saturated carbocycles. The lowest BCUT2D eigenvalue weighted by molar-refractivity contribution is 1.06. The minimum Gasteiger partial charge on any atom is -0.349 e. The average molecular weight is 279 g/mol. The Hall–Kier alpha value is -2.25. The van der Waals surface area contributed by atoms with Gasteiger partial charge in [-0.3, -0.25) is 4.98 Å². The molecule has 0 spiro atoms. The number of para-hydroxylation sites is 1. The molecule has 0 radical (unpaired) electrons. The predicted molar refractivity (Wildman–Crippen MR) is 80.8 cm³/mol. The Balaban J connectivity index is 2.05. The molecule has 0 aliphatic heterocycles. The molecule has 2 heterocycles. The lowest BCUT2D eigenvalue weighted by atomic mass is 10.2. The van der Waals surface area contributed by atoms with E-state index in [0.717, 1.165) is 26.8 Å². The number of nitrogens with one attached hydrogen (secondary N) is 1. The van der Waals surface area contributed by atoms with Crippen LogP contribution in [0.3, 0.4) is 0 Å². The van der Waals surface area contributed by atoms with Crippen molar-refractivity contribution in [3.8, 4) is 6.07 Å². The summed E-state index contributed by atoms with van der Waals surface area (Å²) in [5.74, 6) is 0. The number of H-pyrrole nitrogens is 1. The van der Waals surface area contributed by atoms with Crippen LogP contribution in [0.1, 0.15) is 17.0 Å². The van der Waals surface area contributed by atoms with E-state index in [9.17, 15) is 5.26 Å². The van der Waals surface area contributed by atoms with Gasteiger partial charge < -0.3 is 4.98 Å². The molecule has 20 heavy (non-hydrogen) atoms. The highest BCUT2D eigenvalue weighted by molar-refractivity contribution is 7.99. The summed E-state index contributed by atoms with van der Waals surface area (Å²) in [6.45, 7) is 3.82. The van der Waals surface area contributed by atoms with Crippen molar-refractivity contribution in [2.45, 2.75) is 23.8 Å². The molecule has 0 amide bonds. The zero-order valence-electron chi connectivity index (χ0n) is 11.3. The van der Waals surface area contributed by atoms with Crippen LogP contribution in [0, 0.1) is 25.2 Å². The number of aryl methyl sites for hydroxylation is 2. The van der Waals surface area contributed by atoms with Gasteiger partial charge in [0.05, 0.1) is 16.3 Å². The minimum atomic E-state index is 0.652. The Morgan fingerprint density at radius 3 is 2.75 bits per heavy atom. The van der Waals surface area contributed by atoms with Crippen molar-refractivity contribution >= 4 is 22.7 Å². The highest BCUT2D eigenvalue weighted by atomic mass is 32.2. The third-order valence-electron chi connectivity index (χ3n) is 3.13. The Labute approximate surface area is 121 Å². The molecule has 0 aliphatic carbocycles. The molecule has 0 saturated heterocycles. The number of nitriles is 1. The van der Waals surface area contributed by atoms with Crippen molar-refractivity contribution < 1.29 is 0 Å². The number of nitrogens with zero attached hydrogens (tertiary/aromatic N) is 2. The van der Waals surface area contributed by atoms with E-state index in [1.807, 2.05) is 38.1 Å². The van der Waals surface area contributed by atoms with E-state index in [4.69, 9.17) is 0 Å². The van der Waals surface area contributed by atoms with Gasteiger partial charge in [0.25, 0.3) is 0 Å². The van der Waals surface area contributed by atoms with Crippen molar-refractivity contribution in [1.29, 1.82) is 5.26 Å². The monoisotopic (exact) mass is 279 g/mol. The van der Waals surface area contributed by atoms with Crippen LogP contribution in [-0.4, -0.2) is 9.97 Å². The Morgan fingerprint density at radius 2 is 2.00 bits per heavy atom. The van der Waals surface area contributed by atoms with Crippen molar-refractivity contribution in [3.05, 3.63) is 53.3 Å². The summed E-state index contributed by atoms with van der Waals surface area (Å²) in [5.41, 5.74) is 3.47. The number of fused-ring (bicyclic) bond motifs is 1. The van der Waals surface area contributed by atoms with Crippen LogP contribution in [0.15, 0.2) is 46.3 Å². The minimum absolute atomic E-state index is 0.652. The van der Waals surface area contributed by atoms with Crippen LogP contribution in [0.25, 0.3) is 10.9 Å². The first-order chi connectivity index (χ1) is 9.67. The van der Waals surface area contributed by atoms with Crippen LogP contribution < -0.4 is 0 Å². The molecule has 3 aromatic rings. The van der Waals surface area contributed by atoms with E-state index in [-0.39, 0.29) is 0 Å². The molecule has 2 aromatic heterocycles. The maximum absolute atomic E-state index is 9.29. The number of benzene rings is 1. The summed E-state index contributed by atoms with van der Waals surface area (Å²) in [4.78, 5) is 8.66. The summed E-state index contributed by atoms with van der Waals surface area (Å²) in [5, 5.41) is 11.5. The summed E-state index contributed by atoms with van der Waals surface area (Å²) in [6.07, 6.45) is 0. The Bertz CT molecular complexity index is 794. The van der Waals surface area contributed by atoms with Crippen LogP contribution in [0.2, 0.25) is 0 Å². The average Bonchev–Trinajstić information content (AvgIpc) is 2.80. The molecule has 3 rings (SSSR count). The Kier molecular flexibility index (Phi) is 3.21. The Morgan fingerprint density at radius 1 is 1.20 bits per heavy atom. The van der Waals surface area contributed by atoms with Gasteiger partial charge >= 0.3 is 0 Å². The second-order valence-corrected chi connectivity index (χ2v) is 5.74. The molecule has 0 bridgehead atoms. The fourth-order valence-corrected chi connectivity index (χ4v) is 3.34. The van der Waals surface area contributed by atoms with Gasteiger partial charge in [-0.1, -0.05) is 30.0 Å². The zero-order chi connectivity index (χ0) is 14.1. The number of pyridine rings is 1. The van der Waals surface area contributed by atoms with E-state index >= 15 is 0 Å². The number of hydrogen-bond acceptors (Lipinski definition) is 3. The summed E-state index contributed by atoms with van der Waals surface area (Å²) in [7, 11) is 0. The number of aromatic nitrogens is 2. The van der Waals surface area contributed by atoms with Crippen LogP contribution in [0.4, 0.5) is 0 Å². The molecular weight excluding hydrogens is 266 g/mol. The van der Waals surface area contributed by atoms with Gasteiger partial charge in [-0.25, -0.2) is 0 Å². The van der Waals surface area contributed by atoms with Gasteiger partial charge in [0, 0.05) is 21.5 Å². The second-order valence-electron chi connectivity index (χ2n) is 4.66. The maximum Gasteiger partial charge on any atom is 0.102 e. The van der Waals surface area contributed by atoms with Gasteiger partial charge in [-0.05, 0) is 32.0 Å². The molecular formula is C16H13N3S.